The molecule has 1 aromatic rings. The number of aromatic nitrogens is 2. The molecule has 0 radical (unpaired) electrons. The fourth-order valence-corrected chi connectivity index (χ4v) is 1.90. The maximum absolute atomic E-state index is 12.3. The summed E-state index contributed by atoms with van der Waals surface area (Å²) in [6.07, 6.45) is -2.55. The van der Waals surface area contributed by atoms with E-state index in [1.807, 2.05) is 13.8 Å². The molecule has 0 fully saturated rings. The van der Waals surface area contributed by atoms with Gasteiger partial charge in [-0.25, -0.2) is 8.78 Å². The van der Waals surface area contributed by atoms with Crippen molar-refractivity contribution in [2.75, 3.05) is 25.0 Å². The lowest BCUT2D eigenvalue weighted by atomic mass is 9.93. The minimum Gasteiger partial charge on any atom is -0.349 e. The number of hydrogen-bond acceptors (Lipinski definition) is 5. The molecule has 0 aromatic carbocycles. The molecule has 16 heavy (non-hydrogen) atoms. The van der Waals surface area contributed by atoms with Crippen LogP contribution in [0.25, 0.3) is 0 Å². The predicted molar refractivity (Wildman–Crippen MR) is 61.0 cm³/mol. The van der Waals surface area contributed by atoms with Crippen LogP contribution in [0.2, 0.25) is 0 Å². The van der Waals surface area contributed by atoms with Gasteiger partial charge in [-0.15, -0.1) is 10.2 Å². The Kier molecular flexibility index (Phi) is 4.15. The Morgan fingerprint density at radius 3 is 2.50 bits per heavy atom. The molecule has 0 aliphatic carbocycles. The van der Waals surface area contributed by atoms with Gasteiger partial charge in [-0.1, -0.05) is 25.2 Å². The molecule has 0 unspecified atom stereocenters. The van der Waals surface area contributed by atoms with Gasteiger partial charge < -0.3 is 10.6 Å². The van der Waals surface area contributed by atoms with Gasteiger partial charge in [0, 0.05) is 13.6 Å². The number of halogens is 2. The predicted octanol–water partition coefficient (Wildman–Crippen LogP) is 1.90. The van der Waals surface area contributed by atoms with Crippen molar-refractivity contribution in [2.45, 2.75) is 20.3 Å². The first-order valence-corrected chi connectivity index (χ1v) is 5.70. The van der Waals surface area contributed by atoms with Gasteiger partial charge in [-0.3, -0.25) is 0 Å². The van der Waals surface area contributed by atoms with Crippen molar-refractivity contribution in [3.63, 3.8) is 0 Å². The summed E-state index contributed by atoms with van der Waals surface area (Å²) in [4.78, 5) is 1.80. The summed E-state index contributed by atoms with van der Waals surface area (Å²) in [5, 5.41) is 7.42. The van der Waals surface area contributed by atoms with Crippen molar-refractivity contribution in [1.82, 2.24) is 10.2 Å². The first kappa shape index (κ1) is 13.2. The van der Waals surface area contributed by atoms with Crippen LogP contribution in [-0.4, -0.2) is 30.3 Å². The quantitative estimate of drug-likeness (QED) is 0.867. The largest absolute Gasteiger partial charge is 0.349 e. The Morgan fingerprint density at radius 1 is 1.44 bits per heavy atom. The van der Waals surface area contributed by atoms with Crippen molar-refractivity contribution in [3.8, 4) is 0 Å². The molecule has 1 aromatic heterocycles. The van der Waals surface area contributed by atoms with E-state index in [9.17, 15) is 8.78 Å². The second kappa shape index (κ2) is 5.01. The molecule has 0 amide bonds. The molecule has 0 bridgehead atoms. The number of alkyl halides is 2. The molecule has 1 heterocycles. The third-order valence-corrected chi connectivity index (χ3v) is 3.21. The molecule has 0 saturated heterocycles. The summed E-state index contributed by atoms with van der Waals surface area (Å²) in [7, 11) is 1.80. The van der Waals surface area contributed by atoms with Gasteiger partial charge in [0.25, 0.3) is 6.43 Å². The van der Waals surface area contributed by atoms with Crippen LogP contribution in [-0.2, 0) is 0 Å². The first-order chi connectivity index (χ1) is 7.35. The monoisotopic (exact) mass is 250 g/mol. The van der Waals surface area contributed by atoms with Gasteiger partial charge in [-0.05, 0) is 12.0 Å². The lowest BCUT2D eigenvalue weighted by molar-refractivity contribution is 0.150. The van der Waals surface area contributed by atoms with E-state index in [0.29, 0.717) is 18.2 Å². The highest BCUT2D eigenvalue weighted by Crippen LogP contribution is 2.28. The maximum atomic E-state index is 12.3. The third-order valence-electron chi connectivity index (χ3n) is 2.16. The average Bonchev–Trinajstić information content (AvgIpc) is 2.66. The smallest absolute Gasteiger partial charge is 0.291 e. The van der Waals surface area contributed by atoms with Crippen LogP contribution in [0.4, 0.5) is 13.9 Å². The first-order valence-electron chi connectivity index (χ1n) is 4.88. The lowest BCUT2D eigenvalue weighted by Gasteiger charge is -2.28. The number of rotatable bonds is 5. The van der Waals surface area contributed by atoms with Gasteiger partial charge in [0.15, 0.2) is 5.01 Å². The molecule has 4 nitrogen and oxygen atoms in total. The SMILES string of the molecule is CN(CC(C)(C)CN)c1nnc(C(F)F)s1. The minimum absolute atomic E-state index is 0.0780. The summed E-state index contributed by atoms with van der Waals surface area (Å²) in [5.74, 6) is 0. The van der Waals surface area contributed by atoms with Gasteiger partial charge in [0.2, 0.25) is 5.13 Å². The molecule has 0 atom stereocenters. The molecular formula is C9H16F2N4S. The fourth-order valence-electron chi connectivity index (χ4n) is 1.24. The van der Waals surface area contributed by atoms with E-state index in [1.54, 1.807) is 11.9 Å². The normalized spacial score (nSPS) is 12.2. The highest BCUT2D eigenvalue weighted by Gasteiger charge is 2.21. The Hall–Kier alpha value is -0.820. The van der Waals surface area contributed by atoms with Crippen LogP contribution >= 0.6 is 11.3 Å². The Morgan fingerprint density at radius 2 is 2.06 bits per heavy atom. The lowest BCUT2D eigenvalue weighted by Crippen LogP contribution is -2.36. The maximum Gasteiger partial charge on any atom is 0.291 e. The molecule has 0 spiro atoms. The van der Waals surface area contributed by atoms with Crippen LogP contribution in [0, 0.1) is 5.41 Å². The molecule has 0 aliphatic rings. The average molecular weight is 250 g/mol. The topological polar surface area (TPSA) is 55.0 Å². The van der Waals surface area contributed by atoms with E-state index in [1.165, 1.54) is 0 Å². The number of hydrogen-bond donors (Lipinski definition) is 1. The zero-order valence-electron chi connectivity index (χ0n) is 9.57. The highest BCUT2D eigenvalue weighted by atomic mass is 32.1. The van der Waals surface area contributed by atoms with Gasteiger partial charge in [0.1, 0.15) is 0 Å². The standard InChI is InChI=1S/C9H16F2N4S/c1-9(2,4-12)5-15(3)8-14-13-7(16-8)6(10)11/h6H,4-5,12H2,1-3H3. The molecular weight excluding hydrogens is 234 g/mol. The summed E-state index contributed by atoms with van der Waals surface area (Å²) >= 11 is 0.913. The summed E-state index contributed by atoms with van der Waals surface area (Å²) in [6.45, 7) is 5.20. The number of nitrogens with two attached hydrogens (primary N) is 1. The summed E-state index contributed by atoms with van der Waals surface area (Å²) in [6, 6.07) is 0. The van der Waals surface area contributed by atoms with Gasteiger partial charge in [0.05, 0.1) is 0 Å². The minimum atomic E-state index is -2.55. The third kappa shape index (κ3) is 3.34. The summed E-state index contributed by atoms with van der Waals surface area (Å²) < 4.78 is 24.6. The van der Waals surface area contributed by atoms with E-state index in [-0.39, 0.29) is 10.4 Å². The Bertz CT molecular complexity index is 340. The van der Waals surface area contributed by atoms with Gasteiger partial charge in [-0.2, -0.15) is 0 Å². The second-order valence-electron chi connectivity index (χ2n) is 4.45. The van der Waals surface area contributed by atoms with Crippen molar-refractivity contribution < 1.29 is 8.78 Å². The molecule has 0 aliphatic heterocycles. The Labute approximate surface area is 97.5 Å². The van der Waals surface area contributed by atoms with E-state index in [2.05, 4.69) is 10.2 Å². The fraction of sp³-hybridized carbons (Fsp3) is 0.778. The van der Waals surface area contributed by atoms with Crippen molar-refractivity contribution >= 4 is 16.5 Å². The second-order valence-corrected chi connectivity index (χ2v) is 5.44. The molecule has 1 rings (SSSR count). The molecule has 2 N–H and O–H groups in total. The van der Waals surface area contributed by atoms with E-state index in [4.69, 9.17) is 5.73 Å². The van der Waals surface area contributed by atoms with Crippen molar-refractivity contribution in [1.29, 1.82) is 0 Å². The molecule has 7 heteroatoms. The van der Waals surface area contributed by atoms with Crippen LogP contribution in [0.5, 0.6) is 0 Å². The van der Waals surface area contributed by atoms with E-state index in [0.717, 1.165) is 11.3 Å². The molecule has 0 saturated carbocycles. The zero-order chi connectivity index (χ0) is 12.3. The van der Waals surface area contributed by atoms with E-state index >= 15 is 0 Å². The van der Waals surface area contributed by atoms with Crippen LogP contribution in [0.15, 0.2) is 0 Å². The summed E-state index contributed by atoms with van der Waals surface area (Å²) in [5.41, 5.74) is 5.53. The number of nitrogens with zero attached hydrogens (tertiary/aromatic N) is 3. The Balaban J connectivity index is 2.69. The van der Waals surface area contributed by atoms with Crippen molar-refractivity contribution in [3.05, 3.63) is 5.01 Å². The van der Waals surface area contributed by atoms with Crippen LogP contribution in [0.1, 0.15) is 25.3 Å². The number of anilines is 1. The van der Waals surface area contributed by atoms with E-state index < -0.39 is 6.43 Å². The van der Waals surface area contributed by atoms with Crippen LogP contribution in [0.3, 0.4) is 0 Å². The molecule has 92 valence electrons. The zero-order valence-corrected chi connectivity index (χ0v) is 10.4. The highest BCUT2D eigenvalue weighted by molar-refractivity contribution is 7.15. The van der Waals surface area contributed by atoms with Crippen LogP contribution < -0.4 is 10.6 Å². The van der Waals surface area contributed by atoms with Gasteiger partial charge >= 0.3 is 0 Å². The van der Waals surface area contributed by atoms with Crippen molar-refractivity contribution in [2.24, 2.45) is 11.1 Å².